The van der Waals surface area contributed by atoms with E-state index >= 15 is 4.39 Å². The molecule has 0 saturated heterocycles. The monoisotopic (exact) mass is 605 g/mol. The van der Waals surface area contributed by atoms with Crippen molar-refractivity contribution in [3.05, 3.63) is 46.3 Å². The van der Waals surface area contributed by atoms with E-state index in [-0.39, 0.29) is 60.8 Å². The summed E-state index contributed by atoms with van der Waals surface area (Å²) >= 11 is 0. The summed E-state index contributed by atoms with van der Waals surface area (Å²) in [6, 6.07) is 5.25. The summed E-state index contributed by atoms with van der Waals surface area (Å²) in [6.07, 6.45) is -0.0905. The summed E-state index contributed by atoms with van der Waals surface area (Å²) in [5.41, 5.74) is 2.24. The Morgan fingerprint density at radius 1 is 1.17 bits per heavy atom. The highest BCUT2D eigenvalue weighted by molar-refractivity contribution is 6.06. The molecule has 0 radical (unpaired) electrons. The lowest BCUT2D eigenvalue weighted by Crippen LogP contribution is -2.45. The zero-order chi connectivity index (χ0) is 30.2. The average molecular weight is 606 g/mol. The van der Waals surface area contributed by atoms with Gasteiger partial charge in [0.25, 0.3) is 0 Å². The molecule has 0 amide bonds. The number of benzene rings is 2. The van der Waals surface area contributed by atoms with E-state index in [0.29, 0.717) is 42.1 Å². The van der Waals surface area contributed by atoms with Gasteiger partial charge in [-0.15, -0.1) is 12.4 Å². The summed E-state index contributed by atoms with van der Waals surface area (Å²) in [5.74, 6) is -1.67. The number of carboxylic acid groups (broad SMARTS) is 1. The third-order valence-corrected chi connectivity index (χ3v) is 7.65. The fourth-order valence-electron chi connectivity index (χ4n) is 5.53. The minimum absolute atomic E-state index is 0. The zero-order valence-electron chi connectivity index (χ0n) is 25.3. The summed E-state index contributed by atoms with van der Waals surface area (Å²) in [6.45, 7) is 12.4. The first-order valence-electron chi connectivity index (χ1n) is 14.1. The number of nitrogens with zero attached hydrogens (tertiary/aromatic N) is 2. The number of amidine groups is 1. The van der Waals surface area contributed by atoms with Gasteiger partial charge in [0.15, 0.2) is 23.1 Å². The number of carbonyl (C=O) groups excluding carboxylic acids is 1. The van der Waals surface area contributed by atoms with Gasteiger partial charge in [-0.2, -0.15) is 0 Å². The topological polar surface area (TPSA) is 112 Å². The highest BCUT2D eigenvalue weighted by Crippen LogP contribution is 2.44. The number of carboxylic acids is 1. The molecule has 11 heteroatoms. The van der Waals surface area contributed by atoms with Crippen LogP contribution in [0.15, 0.2) is 18.2 Å². The van der Waals surface area contributed by atoms with Crippen LogP contribution in [-0.4, -0.2) is 67.0 Å². The number of Topliss-reactive ketones (excluding diaryl/α,β-unsaturated/α-hetero) is 1. The van der Waals surface area contributed by atoms with Crippen LogP contribution >= 0.6 is 12.4 Å². The van der Waals surface area contributed by atoms with Gasteiger partial charge in [0.1, 0.15) is 17.7 Å². The molecule has 2 N–H and O–H groups in total. The van der Waals surface area contributed by atoms with Gasteiger partial charge in [-0.3, -0.25) is 15.0 Å². The Hall–Kier alpha value is -3.53. The molecule has 9 nitrogen and oxygen atoms in total. The van der Waals surface area contributed by atoms with Gasteiger partial charge in [-0.05, 0) is 49.4 Å². The van der Waals surface area contributed by atoms with Crippen molar-refractivity contribution in [2.75, 3.05) is 38.3 Å². The van der Waals surface area contributed by atoms with E-state index in [1.807, 2.05) is 39.6 Å². The summed E-state index contributed by atoms with van der Waals surface area (Å²) in [5, 5.41) is 18.4. The zero-order valence-corrected chi connectivity index (χ0v) is 26.1. The highest BCUT2D eigenvalue weighted by Gasteiger charge is 2.38. The number of aliphatic carboxylic acids is 1. The van der Waals surface area contributed by atoms with Crippen LogP contribution in [0.3, 0.4) is 0 Å². The molecule has 2 aliphatic heterocycles. The molecule has 2 aliphatic rings. The maximum absolute atomic E-state index is 15.5. The lowest BCUT2D eigenvalue weighted by Gasteiger charge is -2.39. The Bertz CT molecular complexity index is 1380. The lowest BCUT2D eigenvalue weighted by atomic mass is 9.83. The maximum atomic E-state index is 15.5. The molecule has 42 heavy (non-hydrogen) atoms. The Morgan fingerprint density at radius 2 is 1.83 bits per heavy atom. The van der Waals surface area contributed by atoms with Crippen LogP contribution in [-0.2, 0) is 16.8 Å². The molecule has 4 rings (SSSR count). The highest BCUT2D eigenvalue weighted by atomic mass is 35.5. The standard InChI is InChI=1S/C31H40FN3O6.ClH/c1-8-19(30(37)38)24-16-34(7)21-12-17(11-20(27(21)41-24)31(4,5)6)22(36)15-35-14-18-13-23(39-9-2)28(40-10-3)26(32)25(18)29(35)33;/h11-13,19,24,33H,8-10,14-16H2,1-7H3,(H,37,38);1H. The van der Waals surface area contributed by atoms with Crippen LogP contribution in [0.25, 0.3) is 0 Å². The minimum atomic E-state index is -0.897. The van der Waals surface area contributed by atoms with Crippen LogP contribution in [0.1, 0.15) is 75.0 Å². The Balaban J connectivity index is 0.00000484. The number of nitrogens with one attached hydrogen (secondary N) is 1. The summed E-state index contributed by atoms with van der Waals surface area (Å²) in [4.78, 5) is 29.0. The molecule has 2 atom stereocenters. The smallest absolute Gasteiger partial charge is 0.310 e. The van der Waals surface area contributed by atoms with Crippen molar-refractivity contribution in [2.45, 2.75) is 66.0 Å². The van der Waals surface area contributed by atoms with Gasteiger partial charge in [0, 0.05) is 24.7 Å². The predicted octanol–water partition coefficient (Wildman–Crippen LogP) is 5.67. The van der Waals surface area contributed by atoms with E-state index in [2.05, 4.69) is 0 Å². The molecule has 2 heterocycles. The molecule has 0 aromatic heterocycles. The van der Waals surface area contributed by atoms with Crippen molar-refractivity contribution in [1.29, 1.82) is 5.41 Å². The number of fused-ring (bicyclic) bond motifs is 2. The van der Waals surface area contributed by atoms with E-state index in [0.717, 1.165) is 5.56 Å². The van der Waals surface area contributed by atoms with Gasteiger partial charge in [-0.1, -0.05) is 27.7 Å². The summed E-state index contributed by atoms with van der Waals surface area (Å²) in [7, 11) is 1.87. The maximum Gasteiger partial charge on any atom is 0.310 e. The van der Waals surface area contributed by atoms with E-state index < -0.39 is 29.2 Å². The SMILES string of the molecule is CCOc1cc2c(c(F)c1OCC)C(=N)N(CC(=O)c1cc3c(c(C(C)(C)C)c1)OC(C(CC)C(=O)O)CN3C)C2.Cl. The molecule has 0 fully saturated rings. The number of hydrogen-bond donors (Lipinski definition) is 2. The minimum Gasteiger partial charge on any atom is -0.490 e. The molecule has 2 aromatic carbocycles. The molecular weight excluding hydrogens is 565 g/mol. The molecule has 0 bridgehead atoms. The van der Waals surface area contributed by atoms with E-state index in [9.17, 15) is 14.7 Å². The van der Waals surface area contributed by atoms with E-state index in [1.165, 1.54) is 0 Å². The third-order valence-electron chi connectivity index (χ3n) is 7.65. The van der Waals surface area contributed by atoms with Crippen molar-refractivity contribution in [1.82, 2.24) is 4.90 Å². The molecule has 2 aromatic rings. The lowest BCUT2D eigenvalue weighted by molar-refractivity contribution is -0.145. The second kappa shape index (κ2) is 12.8. The normalized spacial score (nSPS) is 16.7. The Labute approximate surface area is 252 Å². The molecule has 0 spiro atoms. The average Bonchev–Trinajstić information content (AvgIpc) is 3.20. The van der Waals surface area contributed by atoms with Gasteiger partial charge in [-0.25, -0.2) is 4.39 Å². The third kappa shape index (κ3) is 6.14. The van der Waals surface area contributed by atoms with Crippen molar-refractivity contribution in [3.63, 3.8) is 0 Å². The Morgan fingerprint density at radius 3 is 2.40 bits per heavy atom. The second-order valence-electron chi connectivity index (χ2n) is 11.6. The fourth-order valence-corrected chi connectivity index (χ4v) is 5.53. The van der Waals surface area contributed by atoms with E-state index in [4.69, 9.17) is 19.6 Å². The number of rotatable bonds is 10. The van der Waals surface area contributed by atoms with Gasteiger partial charge < -0.3 is 29.1 Å². The number of hydrogen-bond acceptors (Lipinski definition) is 7. The number of ketones is 1. The predicted molar refractivity (Wildman–Crippen MR) is 162 cm³/mol. The van der Waals surface area contributed by atoms with Gasteiger partial charge >= 0.3 is 5.97 Å². The van der Waals surface area contributed by atoms with E-state index in [1.54, 1.807) is 36.9 Å². The van der Waals surface area contributed by atoms with Crippen LogP contribution in [0.2, 0.25) is 0 Å². The van der Waals surface area contributed by atoms with Crippen LogP contribution in [0.5, 0.6) is 17.2 Å². The molecule has 230 valence electrons. The van der Waals surface area contributed by atoms with Crippen LogP contribution in [0, 0.1) is 17.1 Å². The van der Waals surface area contributed by atoms with Gasteiger partial charge in [0.2, 0.25) is 0 Å². The Kier molecular flexibility index (Phi) is 10.0. The molecule has 2 unspecified atom stereocenters. The number of halogens is 2. The van der Waals surface area contributed by atoms with Crippen molar-refractivity contribution < 1.29 is 33.3 Å². The first-order valence-corrected chi connectivity index (χ1v) is 14.1. The first-order chi connectivity index (χ1) is 19.3. The van der Waals surface area contributed by atoms with Crippen molar-refractivity contribution in [2.24, 2.45) is 5.92 Å². The second-order valence-corrected chi connectivity index (χ2v) is 11.6. The van der Waals surface area contributed by atoms with Crippen molar-refractivity contribution >= 4 is 35.7 Å². The van der Waals surface area contributed by atoms with Crippen molar-refractivity contribution in [3.8, 4) is 17.2 Å². The number of ether oxygens (including phenoxy) is 3. The van der Waals surface area contributed by atoms with Gasteiger partial charge in [0.05, 0.1) is 43.5 Å². The fraction of sp³-hybridized carbons (Fsp3) is 0.516. The molecular formula is C31H41ClFN3O6. The molecule has 0 saturated carbocycles. The number of anilines is 1. The number of carbonyl (C=O) groups is 2. The first kappa shape index (κ1) is 33.0. The van der Waals surface area contributed by atoms with Crippen LogP contribution < -0.4 is 19.1 Å². The largest absolute Gasteiger partial charge is 0.490 e. The summed E-state index contributed by atoms with van der Waals surface area (Å²) < 4.78 is 32.9. The molecule has 0 aliphatic carbocycles. The quantitative estimate of drug-likeness (QED) is 0.333. The van der Waals surface area contributed by atoms with Crippen LogP contribution in [0.4, 0.5) is 10.1 Å². The number of likely N-dealkylation sites (N-methyl/N-ethyl adjacent to an activating group) is 1.